The molecule has 4 nitrogen and oxygen atoms in total. The van der Waals surface area contributed by atoms with Crippen molar-refractivity contribution in [2.24, 2.45) is 16.7 Å². The van der Waals surface area contributed by atoms with Gasteiger partial charge in [0.2, 0.25) is 0 Å². The van der Waals surface area contributed by atoms with E-state index in [0.29, 0.717) is 31.7 Å². The van der Waals surface area contributed by atoms with Gasteiger partial charge >= 0.3 is 0 Å². The van der Waals surface area contributed by atoms with Crippen molar-refractivity contribution in [3.8, 4) is 0 Å². The molecule has 0 amide bonds. The largest absolute Gasteiger partial charge is 0.392 e. The van der Waals surface area contributed by atoms with Crippen LogP contribution >= 0.6 is 0 Å². The van der Waals surface area contributed by atoms with Crippen LogP contribution in [0.1, 0.15) is 49.7 Å². The predicted octanol–water partition coefficient (Wildman–Crippen LogP) is 4.04. The maximum atomic E-state index is 13.2. The van der Waals surface area contributed by atoms with E-state index in [4.69, 9.17) is 0 Å². The van der Waals surface area contributed by atoms with Crippen LogP contribution < -0.4 is 0 Å². The zero-order valence-electron chi connectivity index (χ0n) is 19.5. The van der Waals surface area contributed by atoms with E-state index in [-0.39, 0.29) is 12.2 Å². The van der Waals surface area contributed by atoms with Crippen molar-refractivity contribution in [2.45, 2.75) is 63.6 Å². The van der Waals surface area contributed by atoms with Gasteiger partial charge in [0.15, 0.2) is 0 Å². The van der Waals surface area contributed by atoms with Crippen molar-refractivity contribution >= 4 is 5.78 Å². The van der Waals surface area contributed by atoms with Crippen LogP contribution in [0.2, 0.25) is 0 Å². The molecular weight excluding hydrogens is 410 g/mol. The lowest BCUT2D eigenvalue weighted by Crippen LogP contribution is -2.70. The molecule has 0 spiro atoms. The molecule has 4 atom stereocenters. The lowest BCUT2D eigenvalue weighted by Gasteiger charge is -2.60. The number of benzene rings is 2. The van der Waals surface area contributed by atoms with E-state index in [1.165, 1.54) is 25.7 Å². The van der Waals surface area contributed by atoms with E-state index in [1.807, 2.05) is 48.5 Å². The van der Waals surface area contributed by atoms with Crippen LogP contribution in [-0.4, -0.2) is 52.7 Å². The zero-order chi connectivity index (χ0) is 22.9. The monoisotopic (exact) mass is 447 g/mol. The number of aliphatic hydroxyl groups excluding tert-OH is 2. The van der Waals surface area contributed by atoms with E-state index < -0.39 is 23.0 Å². The standard InChI is InChI=1S/C29H37NO3/c31-25-17-28(16-23-11-5-2-6-12-23)20-30(19-24-13-7-8-14-24)21-29(18-25,27(28)33)26(32)15-22-9-3-1-4-10-22/h1-6,9-12,24,26-27,32-33H,7-8,13-21H2/t26-,27?,28?,29?/m0/s1. The fraction of sp³-hybridized carbons (Fsp3) is 0.552. The van der Waals surface area contributed by atoms with Crippen molar-refractivity contribution in [2.75, 3.05) is 19.6 Å². The number of carbonyl (C=O) groups is 1. The van der Waals surface area contributed by atoms with E-state index in [1.54, 1.807) is 0 Å². The Morgan fingerprint density at radius 1 is 0.909 bits per heavy atom. The lowest BCUT2D eigenvalue weighted by atomic mass is 9.52. The summed E-state index contributed by atoms with van der Waals surface area (Å²) < 4.78 is 0. The number of hydrogen-bond donors (Lipinski definition) is 2. The first-order chi connectivity index (χ1) is 16.0. The maximum absolute atomic E-state index is 13.2. The molecule has 0 radical (unpaired) electrons. The van der Waals surface area contributed by atoms with Gasteiger partial charge in [-0.3, -0.25) is 4.79 Å². The summed E-state index contributed by atoms with van der Waals surface area (Å²) in [5, 5.41) is 23.6. The number of aliphatic hydroxyl groups is 2. The third-order valence-corrected chi connectivity index (χ3v) is 8.58. The molecule has 2 aromatic carbocycles. The van der Waals surface area contributed by atoms with E-state index >= 15 is 0 Å². The summed E-state index contributed by atoms with van der Waals surface area (Å²) in [6.45, 7) is 2.34. The first-order valence-electron chi connectivity index (χ1n) is 12.7. The van der Waals surface area contributed by atoms with Gasteiger partial charge < -0.3 is 15.1 Å². The van der Waals surface area contributed by atoms with Gasteiger partial charge in [0.05, 0.1) is 12.2 Å². The topological polar surface area (TPSA) is 60.8 Å². The number of nitrogens with zero attached hydrogens (tertiary/aromatic N) is 1. The summed E-state index contributed by atoms with van der Waals surface area (Å²) in [4.78, 5) is 15.7. The number of carbonyl (C=O) groups excluding carboxylic acids is 1. The summed E-state index contributed by atoms with van der Waals surface area (Å²) >= 11 is 0. The first kappa shape index (κ1) is 22.8. The number of fused-ring (bicyclic) bond motifs is 2. The molecule has 1 saturated heterocycles. The minimum absolute atomic E-state index is 0.184. The second kappa shape index (κ2) is 9.32. The highest BCUT2D eigenvalue weighted by atomic mass is 16.3. The Balaban J connectivity index is 1.49. The third kappa shape index (κ3) is 4.53. The van der Waals surface area contributed by atoms with Gasteiger partial charge in [0.25, 0.3) is 0 Å². The number of piperidine rings is 1. The van der Waals surface area contributed by atoms with E-state index in [2.05, 4.69) is 17.0 Å². The van der Waals surface area contributed by atoms with Gasteiger partial charge in [-0.25, -0.2) is 0 Å². The summed E-state index contributed by atoms with van der Waals surface area (Å²) in [6.07, 6.45) is 5.46. The Labute approximate surface area is 197 Å². The van der Waals surface area contributed by atoms with Gasteiger partial charge in [-0.05, 0) is 42.7 Å². The normalized spacial score (nSPS) is 31.6. The average molecular weight is 448 g/mol. The molecule has 1 aliphatic heterocycles. The number of likely N-dealkylation sites (tertiary alicyclic amines) is 1. The minimum Gasteiger partial charge on any atom is -0.392 e. The lowest BCUT2D eigenvalue weighted by molar-refractivity contribution is -0.205. The van der Waals surface area contributed by atoms with Crippen LogP contribution in [0.15, 0.2) is 60.7 Å². The Morgan fingerprint density at radius 2 is 1.55 bits per heavy atom. The van der Waals surface area contributed by atoms with Crippen LogP contribution in [0.5, 0.6) is 0 Å². The molecule has 2 saturated carbocycles. The molecular formula is C29H37NO3. The Hall–Kier alpha value is -2.01. The van der Waals surface area contributed by atoms with Gasteiger partial charge in [-0.1, -0.05) is 73.5 Å². The van der Waals surface area contributed by atoms with Crippen molar-refractivity contribution in [1.29, 1.82) is 0 Å². The highest BCUT2D eigenvalue weighted by molar-refractivity contribution is 5.82. The number of hydrogen-bond acceptors (Lipinski definition) is 4. The molecule has 5 rings (SSSR count). The molecule has 176 valence electrons. The molecule has 33 heavy (non-hydrogen) atoms. The summed E-state index contributed by atoms with van der Waals surface area (Å²) in [6, 6.07) is 20.2. The van der Waals surface area contributed by atoms with Crippen LogP contribution in [-0.2, 0) is 17.6 Å². The molecule has 0 aromatic heterocycles. The van der Waals surface area contributed by atoms with Crippen LogP contribution in [0.4, 0.5) is 0 Å². The number of rotatable bonds is 7. The van der Waals surface area contributed by atoms with Gasteiger partial charge in [-0.15, -0.1) is 0 Å². The molecule has 3 fully saturated rings. The van der Waals surface area contributed by atoms with Crippen LogP contribution in [0, 0.1) is 16.7 Å². The van der Waals surface area contributed by atoms with Crippen molar-refractivity contribution < 1.29 is 15.0 Å². The first-order valence-corrected chi connectivity index (χ1v) is 12.7. The van der Waals surface area contributed by atoms with Crippen LogP contribution in [0.3, 0.4) is 0 Å². The Kier molecular flexibility index (Phi) is 6.43. The number of Topliss-reactive ketones (excluding diaryl/α,β-unsaturated/α-hetero) is 1. The van der Waals surface area contributed by atoms with Crippen molar-refractivity contribution in [3.63, 3.8) is 0 Å². The summed E-state index contributed by atoms with van der Waals surface area (Å²) in [7, 11) is 0. The smallest absolute Gasteiger partial charge is 0.134 e. The second-order valence-corrected chi connectivity index (χ2v) is 11.1. The Bertz CT molecular complexity index is 942. The highest BCUT2D eigenvalue weighted by Crippen LogP contribution is 2.53. The van der Waals surface area contributed by atoms with Crippen LogP contribution in [0.25, 0.3) is 0 Å². The predicted molar refractivity (Wildman–Crippen MR) is 130 cm³/mol. The van der Waals surface area contributed by atoms with Gasteiger partial charge in [0.1, 0.15) is 5.78 Å². The maximum Gasteiger partial charge on any atom is 0.134 e. The SMILES string of the molecule is O=C1CC2(Cc3ccccc3)CN(CC3CCCC3)CC([C@@H](O)Cc3ccccc3)(C1)C2O. The second-order valence-electron chi connectivity index (χ2n) is 11.1. The summed E-state index contributed by atoms with van der Waals surface area (Å²) in [5.41, 5.74) is 0.828. The molecule has 3 aliphatic rings. The fourth-order valence-corrected chi connectivity index (χ4v) is 7.18. The van der Waals surface area contributed by atoms with Gasteiger partial charge in [0, 0.05) is 43.3 Å². The van der Waals surface area contributed by atoms with Crippen molar-refractivity contribution in [3.05, 3.63) is 71.8 Å². The average Bonchev–Trinajstić information content (AvgIpc) is 3.30. The molecule has 4 heteroatoms. The van der Waals surface area contributed by atoms with E-state index in [9.17, 15) is 15.0 Å². The molecule has 3 unspecified atom stereocenters. The molecule has 1 heterocycles. The van der Waals surface area contributed by atoms with Crippen molar-refractivity contribution in [1.82, 2.24) is 4.90 Å². The van der Waals surface area contributed by atoms with Gasteiger partial charge in [-0.2, -0.15) is 0 Å². The quantitative estimate of drug-likeness (QED) is 0.673. The molecule has 2 aromatic rings. The summed E-state index contributed by atoms with van der Waals surface area (Å²) in [5.74, 6) is 0.873. The zero-order valence-corrected chi connectivity index (χ0v) is 19.5. The number of ketones is 1. The molecule has 2 N–H and O–H groups in total. The highest BCUT2D eigenvalue weighted by Gasteiger charge is 2.62. The minimum atomic E-state index is -0.823. The molecule has 2 bridgehead atoms. The fourth-order valence-electron chi connectivity index (χ4n) is 7.18. The van der Waals surface area contributed by atoms with E-state index in [0.717, 1.165) is 24.2 Å². The Morgan fingerprint density at radius 3 is 2.21 bits per heavy atom. The molecule has 2 aliphatic carbocycles. The third-order valence-electron chi connectivity index (χ3n) is 8.58.